The molecule has 0 aliphatic rings. The van der Waals surface area contributed by atoms with Gasteiger partial charge in [-0.05, 0) is 18.4 Å². The number of rotatable bonds is 5. The number of hydrogen-bond donors (Lipinski definition) is 3. The number of nitrogens with one attached hydrogen (secondary N) is 2. The number of aromatic nitrogens is 2. The van der Waals surface area contributed by atoms with Gasteiger partial charge >= 0.3 is 12.0 Å². The predicted octanol–water partition coefficient (Wildman–Crippen LogP) is 1.06. The highest BCUT2D eigenvalue weighted by Gasteiger charge is 2.26. The third-order valence-electron chi connectivity index (χ3n) is 2.61. The summed E-state index contributed by atoms with van der Waals surface area (Å²) < 4.78 is 30.8. The highest BCUT2D eigenvalue weighted by atomic mass is 32.2. The van der Waals surface area contributed by atoms with Crippen molar-refractivity contribution in [3.63, 3.8) is 0 Å². The quantitative estimate of drug-likeness (QED) is 0.706. The number of aryl methyl sites for hydroxylation is 1. The van der Waals surface area contributed by atoms with Crippen molar-refractivity contribution in [1.82, 2.24) is 14.7 Å². The monoisotopic (exact) mass is 372 g/mol. The first-order valence-electron chi connectivity index (χ1n) is 6.27. The summed E-state index contributed by atoms with van der Waals surface area (Å²) in [6.07, 6.45) is 0. The van der Waals surface area contributed by atoms with Gasteiger partial charge in [-0.2, -0.15) is 4.98 Å². The van der Waals surface area contributed by atoms with E-state index in [4.69, 9.17) is 9.84 Å². The summed E-state index contributed by atoms with van der Waals surface area (Å²) in [5, 5.41) is 12.4. The molecule has 0 saturated heterocycles. The Labute approximate surface area is 140 Å². The van der Waals surface area contributed by atoms with Crippen LogP contribution in [-0.4, -0.2) is 42.6 Å². The van der Waals surface area contributed by atoms with Crippen LogP contribution < -0.4 is 14.8 Å². The van der Waals surface area contributed by atoms with Gasteiger partial charge in [0, 0.05) is 11.8 Å². The number of carbonyl (C=O) groups excluding carboxylic acids is 1. The lowest BCUT2D eigenvalue weighted by atomic mass is 10.4. The van der Waals surface area contributed by atoms with Crippen LogP contribution in [0.4, 0.5) is 10.7 Å². The van der Waals surface area contributed by atoms with Gasteiger partial charge in [-0.3, -0.25) is 5.32 Å². The zero-order valence-corrected chi connectivity index (χ0v) is 14.1. The molecule has 24 heavy (non-hydrogen) atoms. The van der Waals surface area contributed by atoms with Crippen molar-refractivity contribution in [2.24, 2.45) is 0 Å². The first kappa shape index (κ1) is 17.6. The molecule has 0 atom stereocenters. The molecular formula is C12H12N4O6S2. The van der Waals surface area contributed by atoms with Crippen LogP contribution in [-0.2, 0) is 10.0 Å². The van der Waals surface area contributed by atoms with Gasteiger partial charge in [0.25, 0.3) is 10.0 Å². The molecule has 2 aromatic rings. The number of methoxy groups -OCH3 is 1. The highest BCUT2D eigenvalue weighted by molar-refractivity contribution is 7.90. The molecule has 0 aliphatic heterocycles. The van der Waals surface area contributed by atoms with Crippen LogP contribution in [0.2, 0.25) is 0 Å². The molecule has 128 valence electrons. The molecule has 0 bridgehead atoms. The van der Waals surface area contributed by atoms with Gasteiger partial charge < -0.3 is 9.84 Å². The Hall–Kier alpha value is -2.73. The number of thiophene rings is 1. The number of sulfonamides is 1. The van der Waals surface area contributed by atoms with E-state index in [1.54, 1.807) is 11.6 Å². The van der Waals surface area contributed by atoms with Gasteiger partial charge in [-0.15, -0.1) is 11.3 Å². The van der Waals surface area contributed by atoms with Gasteiger partial charge in [0.05, 0.1) is 7.11 Å². The van der Waals surface area contributed by atoms with E-state index in [0.29, 0.717) is 5.69 Å². The molecule has 3 N–H and O–H groups in total. The van der Waals surface area contributed by atoms with Gasteiger partial charge in [-0.1, -0.05) is 0 Å². The van der Waals surface area contributed by atoms with Gasteiger partial charge in [0.1, 0.15) is 9.77 Å². The Bertz CT molecular complexity index is 893. The topological polar surface area (TPSA) is 148 Å². The molecule has 2 aromatic heterocycles. The maximum Gasteiger partial charge on any atom is 0.347 e. The fraction of sp³-hybridized carbons (Fsp3) is 0.167. The van der Waals surface area contributed by atoms with E-state index < -0.39 is 31.8 Å². The Balaban J connectivity index is 2.18. The largest absolute Gasteiger partial charge is 0.481 e. The standard InChI is InChI=1S/C12H12N4O6S2/c1-6-5-8(22-2)14-11(13-6)15-12(19)16-24(20,21)7-3-4-23-9(7)10(17)18/h3-5H,1-2H3,(H,17,18)(H2,13,14,15,16,19). The van der Waals surface area contributed by atoms with Crippen LogP contribution in [0.25, 0.3) is 0 Å². The van der Waals surface area contributed by atoms with Crippen LogP contribution in [0, 0.1) is 6.92 Å². The number of carboxylic acids is 1. The van der Waals surface area contributed by atoms with Crippen molar-refractivity contribution in [2.45, 2.75) is 11.8 Å². The molecule has 0 radical (unpaired) electrons. The molecule has 2 rings (SSSR count). The third-order valence-corrected chi connectivity index (χ3v) is 5.01. The van der Waals surface area contributed by atoms with Crippen molar-refractivity contribution in [3.8, 4) is 5.88 Å². The highest BCUT2D eigenvalue weighted by Crippen LogP contribution is 2.21. The zero-order chi connectivity index (χ0) is 17.9. The maximum absolute atomic E-state index is 12.1. The van der Waals surface area contributed by atoms with Gasteiger partial charge in [0.2, 0.25) is 11.8 Å². The summed E-state index contributed by atoms with van der Waals surface area (Å²) in [6.45, 7) is 1.63. The number of carboxylic acid groups (broad SMARTS) is 1. The van der Waals surface area contributed by atoms with Crippen molar-refractivity contribution in [2.75, 3.05) is 12.4 Å². The van der Waals surface area contributed by atoms with E-state index in [2.05, 4.69) is 15.3 Å². The second kappa shape index (κ2) is 6.80. The van der Waals surface area contributed by atoms with Crippen molar-refractivity contribution in [3.05, 3.63) is 28.1 Å². The van der Waals surface area contributed by atoms with E-state index in [1.807, 2.05) is 0 Å². The number of urea groups is 1. The molecule has 12 heteroatoms. The average molecular weight is 372 g/mol. The number of carbonyl (C=O) groups is 2. The number of hydrogen-bond acceptors (Lipinski definition) is 8. The van der Waals surface area contributed by atoms with Gasteiger partial charge in [-0.25, -0.2) is 27.7 Å². The van der Waals surface area contributed by atoms with E-state index in [0.717, 1.165) is 17.4 Å². The lowest BCUT2D eigenvalue weighted by Gasteiger charge is -2.08. The van der Waals surface area contributed by atoms with Crippen LogP contribution in [0.1, 0.15) is 15.4 Å². The van der Waals surface area contributed by atoms with E-state index in [9.17, 15) is 18.0 Å². The minimum atomic E-state index is -4.36. The molecule has 2 amide bonds. The Morgan fingerprint density at radius 1 is 1.33 bits per heavy atom. The van der Waals surface area contributed by atoms with Crippen LogP contribution in [0.5, 0.6) is 5.88 Å². The van der Waals surface area contributed by atoms with E-state index in [1.165, 1.54) is 18.6 Å². The van der Waals surface area contributed by atoms with Crippen LogP contribution in [0.3, 0.4) is 0 Å². The minimum Gasteiger partial charge on any atom is -0.481 e. The molecule has 0 fully saturated rings. The van der Waals surface area contributed by atoms with Gasteiger partial charge in [0.15, 0.2) is 0 Å². The Morgan fingerprint density at radius 3 is 2.67 bits per heavy atom. The Morgan fingerprint density at radius 2 is 2.04 bits per heavy atom. The minimum absolute atomic E-state index is 0.164. The molecular weight excluding hydrogens is 360 g/mol. The van der Waals surface area contributed by atoms with Crippen LogP contribution >= 0.6 is 11.3 Å². The first-order chi connectivity index (χ1) is 11.2. The van der Waals surface area contributed by atoms with Crippen molar-refractivity contribution >= 4 is 39.3 Å². The molecule has 0 spiro atoms. The number of aromatic carboxylic acids is 1. The molecule has 0 aromatic carbocycles. The number of ether oxygens (including phenoxy) is 1. The van der Waals surface area contributed by atoms with E-state index >= 15 is 0 Å². The summed E-state index contributed by atoms with van der Waals surface area (Å²) in [5.41, 5.74) is 0.492. The number of anilines is 1. The molecule has 0 unspecified atom stereocenters. The third kappa shape index (κ3) is 3.97. The van der Waals surface area contributed by atoms with E-state index in [-0.39, 0.29) is 11.8 Å². The lowest BCUT2D eigenvalue weighted by Crippen LogP contribution is -2.35. The fourth-order valence-electron chi connectivity index (χ4n) is 1.67. The summed E-state index contributed by atoms with van der Waals surface area (Å²) in [5.74, 6) is -1.38. The summed E-state index contributed by atoms with van der Waals surface area (Å²) in [7, 11) is -2.98. The summed E-state index contributed by atoms with van der Waals surface area (Å²) in [6, 6.07) is 1.48. The molecule has 0 saturated carbocycles. The van der Waals surface area contributed by atoms with Crippen molar-refractivity contribution in [1.29, 1.82) is 0 Å². The predicted molar refractivity (Wildman–Crippen MR) is 83.9 cm³/mol. The molecule has 10 nitrogen and oxygen atoms in total. The second-order valence-corrected chi connectivity index (χ2v) is 6.92. The molecule has 0 aliphatic carbocycles. The number of nitrogens with zero attached hydrogens (tertiary/aromatic N) is 2. The maximum atomic E-state index is 12.1. The smallest absolute Gasteiger partial charge is 0.347 e. The summed E-state index contributed by atoms with van der Waals surface area (Å²) >= 11 is 0.731. The summed E-state index contributed by atoms with van der Waals surface area (Å²) in [4.78, 5) is 29.7. The van der Waals surface area contributed by atoms with Crippen molar-refractivity contribution < 1.29 is 27.9 Å². The second-order valence-electron chi connectivity index (χ2n) is 4.35. The molecule has 2 heterocycles. The zero-order valence-electron chi connectivity index (χ0n) is 12.4. The number of amides is 2. The average Bonchev–Trinajstić information content (AvgIpc) is 2.96. The Kier molecular flexibility index (Phi) is 4.99. The normalized spacial score (nSPS) is 10.9. The SMILES string of the molecule is COc1cc(C)nc(NC(=O)NS(=O)(=O)c2ccsc2C(=O)O)n1. The van der Waals surface area contributed by atoms with Crippen LogP contribution in [0.15, 0.2) is 22.4 Å². The fourth-order valence-corrected chi connectivity index (χ4v) is 3.84. The lowest BCUT2D eigenvalue weighted by molar-refractivity contribution is 0.0698. The first-order valence-corrected chi connectivity index (χ1v) is 8.63.